The molecule has 0 aliphatic carbocycles. The summed E-state index contributed by atoms with van der Waals surface area (Å²) in [7, 11) is 3.27. The number of hydrogen-bond donors (Lipinski definition) is 0. The Labute approximate surface area is 207 Å². The Kier molecular flexibility index (Phi) is 6.84. The number of para-hydroxylation sites is 1. The number of hydrogen-bond acceptors (Lipinski definition) is 5. The van der Waals surface area contributed by atoms with Crippen LogP contribution in [0.1, 0.15) is 36.5 Å². The molecule has 0 amide bonds. The van der Waals surface area contributed by atoms with Gasteiger partial charge >= 0.3 is 0 Å². The van der Waals surface area contributed by atoms with Crippen LogP contribution in [-0.4, -0.2) is 30.1 Å². The van der Waals surface area contributed by atoms with Gasteiger partial charge in [0.15, 0.2) is 5.82 Å². The average molecular weight is 520 g/mol. The van der Waals surface area contributed by atoms with E-state index in [4.69, 9.17) is 14.5 Å². The lowest BCUT2D eigenvalue weighted by molar-refractivity contribution is 0.407. The second kappa shape index (κ2) is 9.81. The zero-order valence-electron chi connectivity index (χ0n) is 19.8. The summed E-state index contributed by atoms with van der Waals surface area (Å²) in [5.74, 6) is 2.16. The standard InChI is InChI=1S/C27H26BrN3O3/c1-16(2)21-14-22(17(3)12-25(21)34-5)26-30-23-9-7-6-8-20(23)27(32)31(26)29-15-18-13-19(28)10-11-24(18)33-4/h6-16H,1-5H3. The van der Waals surface area contributed by atoms with Crippen LogP contribution in [0.5, 0.6) is 11.5 Å². The van der Waals surface area contributed by atoms with Gasteiger partial charge in [-0.25, -0.2) is 4.98 Å². The van der Waals surface area contributed by atoms with Gasteiger partial charge in [-0.15, -0.1) is 0 Å². The number of halogens is 1. The van der Waals surface area contributed by atoms with Crippen LogP contribution in [0.25, 0.3) is 22.3 Å². The van der Waals surface area contributed by atoms with Crippen molar-refractivity contribution in [1.82, 2.24) is 9.66 Å². The van der Waals surface area contributed by atoms with Crippen LogP contribution in [0.3, 0.4) is 0 Å². The number of nitrogens with zero attached hydrogens (tertiary/aromatic N) is 3. The molecule has 0 bridgehead atoms. The highest BCUT2D eigenvalue weighted by atomic mass is 79.9. The summed E-state index contributed by atoms with van der Waals surface area (Å²) in [6.07, 6.45) is 1.62. The molecule has 3 aromatic carbocycles. The minimum atomic E-state index is -0.243. The normalized spacial score (nSPS) is 11.5. The highest BCUT2D eigenvalue weighted by molar-refractivity contribution is 9.10. The van der Waals surface area contributed by atoms with Gasteiger partial charge in [0.1, 0.15) is 11.5 Å². The molecule has 0 aliphatic heterocycles. The SMILES string of the molecule is COc1ccc(Br)cc1C=Nn1c(-c2cc(C(C)C)c(OC)cc2C)nc2ccccc2c1=O. The van der Waals surface area contributed by atoms with E-state index in [1.165, 1.54) is 4.68 Å². The largest absolute Gasteiger partial charge is 0.496 e. The van der Waals surface area contributed by atoms with Crippen molar-refractivity contribution in [3.63, 3.8) is 0 Å². The Bertz CT molecular complexity index is 1460. The summed E-state index contributed by atoms with van der Waals surface area (Å²) in [5, 5.41) is 5.09. The van der Waals surface area contributed by atoms with Crippen LogP contribution in [0, 0.1) is 6.92 Å². The van der Waals surface area contributed by atoms with Crippen LogP contribution in [0.2, 0.25) is 0 Å². The molecule has 1 heterocycles. The van der Waals surface area contributed by atoms with Gasteiger partial charge in [0.2, 0.25) is 0 Å². The van der Waals surface area contributed by atoms with Gasteiger partial charge in [0.05, 0.1) is 31.3 Å². The molecule has 0 atom stereocenters. The van der Waals surface area contributed by atoms with Crippen molar-refractivity contribution in [2.24, 2.45) is 5.10 Å². The molecule has 7 heteroatoms. The predicted octanol–water partition coefficient (Wildman–Crippen LogP) is 6.16. The predicted molar refractivity (Wildman–Crippen MR) is 141 cm³/mol. The van der Waals surface area contributed by atoms with Gasteiger partial charge < -0.3 is 9.47 Å². The molecule has 174 valence electrons. The molecule has 0 spiro atoms. The number of rotatable bonds is 6. The number of aromatic nitrogens is 2. The van der Waals surface area contributed by atoms with Crippen LogP contribution in [0.15, 0.2) is 69.0 Å². The Morgan fingerprint density at radius 1 is 1.03 bits per heavy atom. The fourth-order valence-electron chi connectivity index (χ4n) is 3.90. The van der Waals surface area contributed by atoms with E-state index in [0.29, 0.717) is 22.5 Å². The van der Waals surface area contributed by atoms with E-state index in [9.17, 15) is 4.79 Å². The molecule has 0 aliphatic rings. The van der Waals surface area contributed by atoms with E-state index < -0.39 is 0 Å². The number of fused-ring (bicyclic) bond motifs is 1. The molecular formula is C27H26BrN3O3. The maximum Gasteiger partial charge on any atom is 0.282 e. The second-order valence-corrected chi connectivity index (χ2v) is 9.18. The van der Waals surface area contributed by atoms with Gasteiger partial charge in [-0.05, 0) is 66.4 Å². The number of aryl methyl sites for hydroxylation is 1. The highest BCUT2D eigenvalue weighted by Crippen LogP contribution is 2.34. The molecule has 4 aromatic rings. The topological polar surface area (TPSA) is 65.7 Å². The molecule has 0 saturated carbocycles. The Morgan fingerprint density at radius 3 is 2.47 bits per heavy atom. The van der Waals surface area contributed by atoms with Crippen LogP contribution in [0.4, 0.5) is 0 Å². The first kappa shape index (κ1) is 23.7. The minimum Gasteiger partial charge on any atom is -0.496 e. The van der Waals surface area contributed by atoms with E-state index in [-0.39, 0.29) is 11.5 Å². The molecule has 1 aromatic heterocycles. The van der Waals surface area contributed by atoms with E-state index in [1.54, 1.807) is 26.5 Å². The monoisotopic (exact) mass is 519 g/mol. The summed E-state index contributed by atoms with van der Waals surface area (Å²) < 4.78 is 13.3. The molecule has 0 saturated heterocycles. The maximum atomic E-state index is 13.6. The second-order valence-electron chi connectivity index (χ2n) is 8.26. The molecule has 0 radical (unpaired) electrons. The number of benzene rings is 3. The maximum absolute atomic E-state index is 13.6. The van der Waals surface area contributed by atoms with Crippen LogP contribution >= 0.6 is 15.9 Å². The van der Waals surface area contributed by atoms with Gasteiger partial charge in [-0.2, -0.15) is 9.78 Å². The Morgan fingerprint density at radius 2 is 1.76 bits per heavy atom. The first-order chi connectivity index (χ1) is 16.3. The van der Waals surface area contributed by atoms with Gasteiger partial charge in [-0.3, -0.25) is 4.79 Å². The summed E-state index contributed by atoms with van der Waals surface area (Å²) >= 11 is 3.48. The highest BCUT2D eigenvalue weighted by Gasteiger charge is 2.18. The van der Waals surface area contributed by atoms with Gasteiger partial charge in [0, 0.05) is 15.6 Å². The quantitative estimate of drug-likeness (QED) is 0.286. The van der Waals surface area contributed by atoms with E-state index >= 15 is 0 Å². The average Bonchev–Trinajstić information content (AvgIpc) is 2.83. The Hall–Kier alpha value is -3.45. The third-order valence-corrected chi connectivity index (χ3v) is 6.19. The number of methoxy groups -OCH3 is 2. The van der Waals surface area contributed by atoms with Crippen molar-refractivity contribution in [1.29, 1.82) is 0 Å². The van der Waals surface area contributed by atoms with Crippen molar-refractivity contribution >= 4 is 33.0 Å². The minimum absolute atomic E-state index is 0.226. The van der Waals surface area contributed by atoms with Crippen molar-refractivity contribution in [2.75, 3.05) is 14.2 Å². The summed E-state index contributed by atoms with van der Waals surface area (Å²) in [5.41, 5.74) is 3.91. The fraction of sp³-hybridized carbons (Fsp3) is 0.222. The lowest BCUT2D eigenvalue weighted by Gasteiger charge is -2.17. The van der Waals surface area contributed by atoms with E-state index in [2.05, 4.69) is 34.9 Å². The summed E-state index contributed by atoms with van der Waals surface area (Å²) in [6, 6.07) is 16.9. The van der Waals surface area contributed by atoms with Crippen molar-refractivity contribution in [3.05, 3.63) is 86.1 Å². The third kappa shape index (κ3) is 4.48. The molecule has 34 heavy (non-hydrogen) atoms. The van der Waals surface area contributed by atoms with Crippen LogP contribution < -0.4 is 15.0 Å². The van der Waals surface area contributed by atoms with Crippen molar-refractivity contribution in [2.45, 2.75) is 26.7 Å². The zero-order valence-corrected chi connectivity index (χ0v) is 21.4. The first-order valence-corrected chi connectivity index (χ1v) is 11.7. The summed E-state index contributed by atoms with van der Waals surface area (Å²) in [4.78, 5) is 18.4. The number of ether oxygens (including phenoxy) is 2. The van der Waals surface area contributed by atoms with Crippen LogP contribution in [-0.2, 0) is 0 Å². The van der Waals surface area contributed by atoms with E-state index in [1.807, 2.05) is 55.5 Å². The van der Waals surface area contributed by atoms with Gasteiger partial charge in [0.25, 0.3) is 5.56 Å². The molecular weight excluding hydrogens is 494 g/mol. The molecule has 0 unspecified atom stereocenters. The van der Waals surface area contributed by atoms with Crippen molar-refractivity contribution in [3.8, 4) is 22.9 Å². The molecule has 6 nitrogen and oxygen atoms in total. The lowest BCUT2D eigenvalue weighted by Crippen LogP contribution is -2.21. The smallest absolute Gasteiger partial charge is 0.282 e. The Balaban J connectivity index is 2.00. The zero-order chi connectivity index (χ0) is 24.4. The van der Waals surface area contributed by atoms with Crippen molar-refractivity contribution < 1.29 is 9.47 Å². The van der Waals surface area contributed by atoms with Gasteiger partial charge in [-0.1, -0.05) is 41.9 Å². The van der Waals surface area contributed by atoms with E-state index in [0.717, 1.165) is 32.5 Å². The fourth-order valence-corrected chi connectivity index (χ4v) is 4.28. The molecule has 0 fully saturated rings. The lowest BCUT2D eigenvalue weighted by atomic mass is 9.96. The first-order valence-electron chi connectivity index (χ1n) is 10.9. The molecule has 4 rings (SSSR count). The molecule has 0 N–H and O–H groups in total. The third-order valence-electron chi connectivity index (χ3n) is 5.70. The summed E-state index contributed by atoms with van der Waals surface area (Å²) in [6.45, 7) is 6.19.